The predicted octanol–water partition coefficient (Wildman–Crippen LogP) is 3.66. The third kappa shape index (κ3) is 3.26. The first-order valence-electron chi connectivity index (χ1n) is 6.69. The van der Waals surface area contributed by atoms with E-state index in [0.717, 1.165) is 21.4 Å². The van der Waals surface area contributed by atoms with E-state index in [0.29, 0.717) is 24.5 Å². The molecule has 0 aliphatic heterocycles. The van der Waals surface area contributed by atoms with E-state index in [2.05, 4.69) is 26.2 Å². The van der Waals surface area contributed by atoms with E-state index in [1.165, 1.54) is 0 Å². The number of rotatable bonds is 5. The van der Waals surface area contributed by atoms with Gasteiger partial charge >= 0.3 is 0 Å². The van der Waals surface area contributed by atoms with Crippen LogP contribution in [0.15, 0.2) is 33.9 Å². The minimum Gasteiger partial charge on any atom is -0.487 e. The largest absolute Gasteiger partial charge is 0.487 e. The van der Waals surface area contributed by atoms with E-state index in [1.54, 1.807) is 4.68 Å². The first-order chi connectivity index (χ1) is 10.1. The second-order valence-corrected chi connectivity index (χ2v) is 5.45. The minimum atomic E-state index is 0.386. The topological polar surface area (TPSA) is 59.6 Å². The SMILES string of the molecule is CCC(=NO)c1ccccc1OCc1c(Br)c(C)nn1C. The van der Waals surface area contributed by atoms with Crippen LogP contribution in [0.25, 0.3) is 0 Å². The summed E-state index contributed by atoms with van der Waals surface area (Å²) in [6.07, 6.45) is 0.630. The van der Waals surface area contributed by atoms with Gasteiger partial charge in [0, 0.05) is 12.6 Å². The monoisotopic (exact) mass is 351 g/mol. The number of benzene rings is 1. The number of hydrogen-bond donors (Lipinski definition) is 1. The third-order valence-electron chi connectivity index (χ3n) is 3.28. The maximum atomic E-state index is 9.09. The smallest absolute Gasteiger partial charge is 0.131 e. The molecule has 1 aromatic carbocycles. The Hall–Kier alpha value is -1.82. The molecular formula is C15H18BrN3O2. The number of para-hydroxylation sites is 1. The van der Waals surface area contributed by atoms with Gasteiger partial charge in [0.2, 0.25) is 0 Å². The molecule has 21 heavy (non-hydrogen) atoms. The van der Waals surface area contributed by atoms with Crippen molar-refractivity contribution in [1.29, 1.82) is 0 Å². The molecule has 0 radical (unpaired) electrons. The van der Waals surface area contributed by atoms with Crippen LogP contribution in [-0.2, 0) is 13.7 Å². The van der Waals surface area contributed by atoms with Gasteiger partial charge in [-0.05, 0) is 41.4 Å². The normalized spacial score (nSPS) is 11.7. The number of ether oxygens (including phenoxy) is 1. The van der Waals surface area contributed by atoms with Crippen LogP contribution in [-0.4, -0.2) is 20.7 Å². The molecule has 0 bridgehead atoms. The number of hydrogen-bond acceptors (Lipinski definition) is 4. The van der Waals surface area contributed by atoms with Gasteiger partial charge in [-0.15, -0.1) is 0 Å². The molecule has 0 amide bonds. The standard InChI is InChI=1S/C15H18BrN3O2/c1-4-12(18-20)11-7-5-6-8-14(11)21-9-13-15(16)10(2)17-19(13)3/h5-8,20H,4,9H2,1-3H3. The van der Waals surface area contributed by atoms with E-state index in [1.807, 2.05) is 45.2 Å². The molecule has 2 rings (SSSR count). The number of aromatic nitrogens is 2. The molecule has 0 aliphatic carbocycles. The highest BCUT2D eigenvalue weighted by Crippen LogP contribution is 2.25. The van der Waals surface area contributed by atoms with Gasteiger partial charge in [0.15, 0.2) is 0 Å². The Kier molecular flexibility index (Phi) is 5.01. The summed E-state index contributed by atoms with van der Waals surface area (Å²) >= 11 is 3.52. The van der Waals surface area contributed by atoms with Crippen LogP contribution in [0.5, 0.6) is 5.75 Å². The molecule has 0 unspecified atom stereocenters. The van der Waals surface area contributed by atoms with Gasteiger partial charge in [-0.2, -0.15) is 5.10 Å². The minimum absolute atomic E-state index is 0.386. The molecule has 1 N–H and O–H groups in total. The molecule has 0 atom stereocenters. The van der Waals surface area contributed by atoms with Crippen molar-refractivity contribution in [2.45, 2.75) is 26.9 Å². The predicted molar refractivity (Wildman–Crippen MR) is 85.0 cm³/mol. The van der Waals surface area contributed by atoms with Crippen LogP contribution in [0.3, 0.4) is 0 Å². The van der Waals surface area contributed by atoms with Crippen molar-refractivity contribution in [3.63, 3.8) is 0 Å². The highest BCUT2D eigenvalue weighted by Gasteiger charge is 2.13. The van der Waals surface area contributed by atoms with Crippen molar-refractivity contribution in [1.82, 2.24) is 9.78 Å². The molecule has 6 heteroatoms. The Morgan fingerprint density at radius 1 is 1.43 bits per heavy atom. The summed E-state index contributed by atoms with van der Waals surface area (Å²) in [6.45, 7) is 4.26. The number of nitrogens with zero attached hydrogens (tertiary/aromatic N) is 3. The Balaban J connectivity index is 2.25. The zero-order valence-electron chi connectivity index (χ0n) is 12.3. The molecule has 0 aliphatic rings. The van der Waals surface area contributed by atoms with Crippen molar-refractivity contribution < 1.29 is 9.94 Å². The fourth-order valence-corrected chi connectivity index (χ4v) is 2.58. The summed E-state index contributed by atoms with van der Waals surface area (Å²) in [5, 5.41) is 16.8. The lowest BCUT2D eigenvalue weighted by Crippen LogP contribution is -2.07. The second-order valence-electron chi connectivity index (χ2n) is 4.65. The molecule has 0 saturated heterocycles. The van der Waals surface area contributed by atoms with Gasteiger partial charge in [-0.25, -0.2) is 0 Å². The van der Waals surface area contributed by atoms with E-state index >= 15 is 0 Å². The van der Waals surface area contributed by atoms with Crippen LogP contribution in [0.4, 0.5) is 0 Å². The number of halogens is 1. The maximum absolute atomic E-state index is 9.09. The van der Waals surface area contributed by atoms with E-state index in [-0.39, 0.29) is 0 Å². The lowest BCUT2D eigenvalue weighted by molar-refractivity contribution is 0.292. The van der Waals surface area contributed by atoms with E-state index < -0.39 is 0 Å². The summed E-state index contributed by atoms with van der Waals surface area (Å²) in [6, 6.07) is 7.55. The maximum Gasteiger partial charge on any atom is 0.131 e. The van der Waals surface area contributed by atoms with E-state index in [9.17, 15) is 0 Å². The quantitative estimate of drug-likeness (QED) is 0.508. The lowest BCUT2D eigenvalue weighted by atomic mass is 10.1. The molecule has 1 aromatic heterocycles. The van der Waals surface area contributed by atoms with Crippen molar-refractivity contribution >= 4 is 21.6 Å². The first-order valence-corrected chi connectivity index (χ1v) is 7.48. The average molecular weight is 352 g/mol. The molecule has 2 aromatic rings. The summed E-state index contributed by atoms with van der Waals surface area (Å²) in [5.74, 6) is 0.693. The highest BCUT2D eigenvalue weighted by molar-refractivity contribution is 9.10. The molecule has 0 spiro atoms. The number of aryl methyl sites for hydroxylation is 2. The van der Waals surface area contributed by atoms with Gasteiger partial charge in [-0.1, -0.05) is 24.2 Å². The van der Waals surface area contributed by atoms with Crippen LogP contribution >= 0.6 is 15.9 Å². The zero-order valence-corrected chi connectivity index (χ0v) is 13.9. The lowest BCUT2D eigenvalue weighted by Gasteiger charge is -2.12. The van der Waals surface area contributed by atoms with Gasteiger partial charge in [0.05, 0.1) is 21.6 Å². The van der Waals surface area contributed by atoms with Gasteiger partial charge in [0.1, 0.15) is 12.4 Å². The zero-order chi connectivity index (χ0) is 15.4. The molecule has 112 valence electrons. The highest BCUT2D eigenvalue weighted by atomic mass is 79.9. The summed E-state index contributed by atoms with van der Waals surface area (Å²) in [5.41, 5.74) is 3.29. The summed E-state index contributed by atoms with van der Waals surface area (Å²) in [4.78, 5) is 0. The number of oxime groups is 1. The Bertz CT molecular complexity index is 665. The van der Waals surface area contributed by atoms with Crippen molar-refractivity contribution in [2.75, 3.05) is 0 Å². The second kappa shape index (κ2) is 6.76. The van der Waals surface area contributed by atoms with E-state index in [4.69, 9.17) is 9.94 Å². The van der Waals surface area contributed by atoms with Crippen molar-refractivity contribution in [3.05, 3.63) is 45.7 Å². The molecule has 0 saturated carbocycles. The fourth-order valence-electron chi connectivity index (χ4n) is 2.13. The molecule has 0 fully saturated rings. The molecule has 5 nitrogen and oxygen atoms in total. The summed E-state index contributed by atoms with van der Waals surface area (Å²) < 4.78 is 8.65. The van der Waals surface area contributed by atoms with Gasteiger partial charge < -0.3 is 9.94 Å². The Morgan fingerprint density at radius 3 is 2.71 bits per heavy atom. The fraction of sp³-hybridized carbons (Fsp3) is 0.333. The Morgan fingerprint density at radius 2 is 2.14 bits per heavy atom. The molecular weight excluding hydrogens is 334 g/mol. The van der Waals surface area contributed by atoms with Crippen LogP contribution in [0, 0.1) is 6.92 Å². The van der Waals surface area contributed by atoms with Crippen molar-refractivity contribution in [3.8, 4) is 5.75 Å². The van der Waals surface area contributed by atoms with Crippen LogP contribution in [0.2, 0.25) is 0 Å². The van der Waals surface area contributed by atoms with Gasteiger partial charge in [0.25, 0.3) is 0 Å². The summed E-state index contributed by atoms with van der Waals surface area (Å²) in [7, 11) is 1.88. The Labute approximate surface area is 132 Å². The average Bonchev–Trinajstić information content (AvgIpc) is 2.73. The molecule has 1 heterocycles. The van der Waals surface area contributed by atoms with Gasteiger partial charge in [-0.3, -0.25) is 4.68 Å². The third-order valence-corrected chi connectivity index (χ3v) is 4.31. The first kappa shape index (κ1) is 15.6. The van der Waals surface area contributed by atoms with Crippen LogP contribution in [0.1, 0.15) is 30.3 Å². The van der Waals surface area contributed by atoms with Crippen LogP contribution < -0.4 is 4.74 Å². The van der Waals surface area contributed by atoms with Crippen molar-refractivity contribution in [2.24, 2.45) is 12.2 Å².